The monoisotopic (exact) mass is 1150 g/mol. The lowest BCUT2D eigenvalue weighted by molar-refractivity contribution is -0.337. The third-order valence-corrected chi connectivity index (χ3v) is 16.4. The van der Waals surface area contributed by atoms with E-state index in [0.717, 1.165) is 66.8 Å². The van der Waals surface area contributed by atoms with Crippen LogP contribution >= 0.6 is 0 Å². The SMILES string of the molecule is CC(C)(C)c1cc(CCC(=O)OCC(C)(C)C2OCC3(CO2)COC(C(C)(C)COC(=O)CCc2cc(Cc4cc(C(C)(C)C)c(O)c(C(C)(C)C)c4)c(O)c(C(C)(C)C)c2)OC3)cc(Cc2cc(C(C)(C)C)c(O)c(C(C)(C)C)c2)c1O. The smallest absolute Gasteiger partial charge is 0.306 e. The Hall–Kier alpha value is -5.14. The van der Waals surface area contributed by atoms with Gasteiger partial charge in [-0.2, -0.15) is 0 Å². The van der Waals surface area contributed by atoms with Crippen molar-refractivity contribution in [1.82, 2.24) is 0 Å². The maximum absolute atomic E-state index is 13.4. The molecule has 0 unspecified atom stereocenters. The van der Waals surface area contributed by atoms with Gasteiger partial charge in [-0.15, -0.1) is 0 Å². The summed E-state index contributed by atoms with van der Waals surface area (Å²) in [7, 11) is 0. The second-order valence-electron chi connectivity index (χ2n) is 31.9. The number of hydrogen-bond donors (Lipinski definition) is 4. The number of hydrogen-bond acceptors (Lipinski definition) is 12. The van der Waals surface area contributed by atoms with E-state index in [9.17, 15) is 30.0 Å². The number of aryl methyl sites for hydroxylation is 2. The Morgan fingerprint density at radius 2 is 0.639 bits per heavy atom. The van der Waals surface area contributed by atoms with Gasteiger partial charge in [0.05, 0.1) is 31.8 Å². The van der Waals surface area contributed by atoms with E-state index in [1.165, 1.54) is 0 Å². The van der Waals surface area contributed by atoms with E-state index in [1.54, 1.807) is 0 Å². The number of benzene rings is 4. The van der Waals surface area contributed by atoms with Crippen molar-refractivity contribution in [3.63, 3.8) is 0 Å². The van der Waals surface area contributed by atoms with Crippen molar-refractivity contribution in [3.8, 4) is 23.0 Å². The number of carbonyl (C=O) groups is 2. The molecule has 0 aromatic heterocycles. The van der Waals surface area contributed by atoms with E-state index >= 15 is 0 Å². The molecular formula is C71H104O12. The molecule has 1 spiro atoms. The zero-order valence-corrected chi connectivity index (χ0v) is 54.8. The van der Waals surface area contributed by atoms with Gasteiger partial charge in [-0.25, -0.2) is 0 Å². The first-order chi connectivity index (χ1) is 37.8. The van der Waals surface area contributed by atoms with Crippen LogP contribution in [-0.4, -0.2) is 84.6 Å². The van der Waals surface area contributed by atoms with Gasteiger partial charge in [-0.05, 0) is 112 Å². The molecule has 12 nitrogen and oxygen atoms in total. The number of esters is 2. The topological polar surface area (TPSA) is 170 Å². The Morgan fingerprint density at radius 1 is 0.398 bits per heavy atom. The highest BCUT2D eigenvalue weighted by Crippen LogP contribution is 2.45. The van der Waals surface area contributed by atoms with Crippen molar-refractivity contribution in [2.24, 2.45) is 16.2 Å². The van der Waals surface area contributed by atoms with E-state index in [1.807, 2.05) is 52.0 Å². The molecule has 12 heteroatoms. The van der Waals surface area contributed by atoms with Crippen molar-refractivity contribution in [2.75, 3.05) is 39.6 Å². The largest absolute Gasteiger partial charge is 0.507 e. The standard InChI is InChI=1S/C71H104O12/c1-63(2,3)49-31-43(27-47(57(49)74)29-45-33-51(65(7,8)9)59(76)52(34-45)66(10,11)12)23-25-55(72)78-37-69(19,20)61-80-39-71(40-81-61)41-82-62(83-42-71)70(21,22)38-79-56(73)26-24-44-28-48(58(75)50(32-44)64(4,5)6)30-46-35-53(67(13,14)15)60(77)54(36-46)68(16,17)18/h27-28,31-36,61-62,74-77H,23-26,29-30,37-42H2,1-22H3. The predicted octanol–water partition coefficient (Wildman–Crippen LogP) is 14.9. The van der Waals surface area contributed by atoms with Crippen LogP contribution in [0.1, 0.15) is 232 Å². The fourth-order valence-corrected chi connectivity index (χ4v) is 11.1. The Kier molecular flexibility index (Phi) is 19.6. The van der Waals surface area contributed by atoms with Gasteiger partial charge >= 0.3 is 11.9 Å². The minimum Gasteiger partial charge on any atom is -0.507 e. The molecule has 2 aliphatic heterocycles. The fourth-order valence-electron chi connectivity index (χ4n) is 11.1. The maximum Gasteiger partial charge on any atom is 0.306 e. The van der Waals surface area contributed by atoms with E-state index in [2.05, 4.69) is 149 Å². The summed E-state index contributed by atoms with van der Waals surface area (Å²) in [6, 6.07) is 16.2. The van der Waals surface area contributed by atoms with Gasteiger partial charge < -0.3 is 48.8 Å². The maximum atomic E-state index is 13.4. The molecule has 0 aliphatic carbocycles. The Labute approximate surface area is 498 Å². The van der Waals surface area contributed by atoms with Gasteiger partial charge in [-0.1, -0.05) is 201 Å². The summed E-state index contributed by atoms with van der Waals surface area (Å²) >= 11 is 0. The average Bonchev–Trinajstić information content (AvgIpc) is 3.34. The molecule has 4 aromatic carbocycles. The summed E-state index contributed by atoms with van der Waals surface area (Å²) in [6.07, 6.45) is 0.772. The second kappa shape index (κ2) is 24.3. The molecule has 2 heterocycles. The summed E-state index contributed by atoms with van der Waals surface area (Å²) in [5.74, 6) is 0.429. The third-order valence-electron chi connectivity index (χ3n) is 16.4. The van der Waals surface area contributed by atoms with Crippen molar-refractivity contribution in [2.45, 2.75) is 236 Å². The number of ether oxygens (including phenoxy) is 6. The molecule has 0 amide bonds. The Bertz CT molecular complexity index is 2680. The Balaban J connectivity index is 0.998. The Morgan fingerprint density at radius 3 is 0.892 bits per heavy atom. The minimum absolute atomic E-state index is 0.0820. The van der Waals surface area contributed by atoms with E-state index < -0.39 is 28.8 Å². The third kappa shape index (κ3) is 16.6. The first-order valence-corrected chi connectivity index (χ1v) is 30.0. The molecule has 2 saturated heterocycles. The van der Waals surface area contributed by atoms with Gasteiger partial charge in [0, 0.05) is 36.5 Å². The van der Waals surface area contributed by atoms with Gasteiger partial charge in [-0.3, -0.25) is 9.59 Å². The van der Waals surface area contributed by atoms with E-state index in [-0.39, 0.29) is 82.0 Å². The van der Waals surface area contributed by atoms with Crippen LogP contribution in [0, 0.1) is 16.2 Å². The van der Waals surface area contributed by atoms with Crippen LogP contribution in [0.5, 0.6) is 23.0 Å². The quantitative estimate of drug-likeness (QED) is 0.0784. The van der Waals surface area contributed by atoms with Crippen LogP contribution in [0.3, 0.4) is 0 Å². The average molecular weight is 1150 g/mol. The number of phenolic OH excluding ortho intramolecular Hbond substituents is 4. The molecule has 0 radical (unpaired) electrons. The molecule has 0 saturated carbocycles. The normalized spacial score (nSPS) is 18.8. The van der Waals surface area contributed by atoms with Crippen LogP contribution in [-0.2, 0) is 96.2 Å². The second-order valence-corrected chi connectivity index (χ2v) is 31.9. The molecule has 460 valence electrons. The minimum atomic E-state index is -0.671. The summed E-state index contributed by atoms with van der Waals surface area (Å²) in [6.45, 7) is 46.7. The van der Waals surface area contributed by atoms with Crippen molar-refractivity contribution in [3.05, 3.63) is 115 Å². The molecule has 4 N–H and O–H groups in total. The zero-order valence-electron chi connectivity index (χ0n) is 54.8. The molecule has 0 atom stereocenters. The summed E-state index contributed by atoms with van der Waals surface area (Å²) < 4.78 is 37.2. The highest BCUT2D eigenvalue weighted by molar-refractivity contribution is 5.70. The molecular weight excluding hydrogens is 1040 g/mol. The molecule has 0 bridgehead atoms. The van der Waals surface area contributed by atoms with Crippen LogP contribution < -0.4 is 0 Å². The highest BCUT2D eigenvalue weighted by Gasteiger charge is 2.48. The first kappa shape index (κ1) is 67.0. The number of aromatic hydroxyl groups is 4. The van der Waals surface area contributed by atoms with E-state index in [4.69, 9.17) is 28.4 Å². The lowest BCUT2D eigenvalue weighted by atomic mass is 9.77. The van der Waals surface area contributed by atoms with Crippen molar-refractivity contribution < 1.29 is 58.4 Å². The summed E-state index contributed by atoms with van der Waals surface area (Å²) in [5.41, 5.74) is 6.66. The van der Waals surface area contributed by atoms with Crippen LogP contribution in [0.2, 0.25) is 0 Å². The van der Waals surface area contributed by atoms with Gasteiger partial charge in [0.25, 0.3) is 0 Å². The molecule has 83 heavy (non-hydrogen) atoms. The first-order valence-electron chi connectivity index (χ1n) is 30.0. The van der Waals surface area contributed by atoms with Gasteiger partial charge in [0.2, 0.25) is 0 Å². The number of phenols is 4. The molecule has 2 fully saturated rings. The molecule has 6 rings (SSSR count). The van der Waals surface area contributed by atoms with Crippen molar-refractivity contribution in [1.29, 1.82) is 0 Å². The van der Waals surface area contributed by atoms with Gasteiger partial charge in [0.1, 0.15) is 36.2 Å². The highest BCUT2D eigenvalue weighted by atomic mass is 16.7. The molecule has 4 aromatic rings. The zero-order chi connectivity index (χ0) is 62.4. The number of carbonyl (C=O) groups excluding carboxylic acids is 2. The lowest BCUT2D eigenvalue weighted by Crippen LogP contribution is -2.57. The molecule has 2 aliphatic rings. The van der Waals surface area contributed by atoms with Crippen molar-refractivity contribution >= 4 is 11.9 Å². The van der Waals surface area contributed by atoms with Crippen LogP contribution in [0.4, 0.5) is 0 Å². The number of rotatable bonds is 16. The van der Waals surface area contributed by atoms with Gasteiger partial charge in [0.15, 0.2) is 12.6 Å². The van der Waals surface area contributed by atoms with Crippen LogP contribution in [0.25, 0.3) is 0 Å². The summed E-state index contributed by atoms with van der Waals surface area (Å²) in [4.78, 5) is 26.8. The predicted molar refractivity (Wildman–Crippen MR) is 330 cm³/mol. The van der Waals surface area contributed by atoms with E-state index in [0.29, 0.717) is 63.6 Å². The summed E-state index contributed by atoms with van der Waals surface area (Å²) in [5, 5.41) is 46.1. The fraction of sp³-hybridized carbons (Fsp3) is 0.634. The van der Waals surface area contributed by atoms with Crippen LogP contribution in [0.15, 0.2) is 48.5 Å². The lowest BCUT2D eigenvalue weighted by Gasteiger charge is -2.48.